The second-order valence-electron chi connectivity index (χ2n) is 2.61. The third kappa shape index (κ3) is 1.55. The second-order valence-corrected chi connectivity index (χ2v) is 3.02. The molecule has 1 nitrogen and oxygen atoms in total. The average Bonchev–Trinajstić information content (AvgIpc) is 2.01. The lowest BCUT2D eigenvalue weighted by Crippen LogP contribution is -1.91. The van der Waals surface area contributed by atoms with E-state index in [1.54, 1.807) is 0 Å². The van der Waals surface area contributed by atoms with Crippen molar-refractivity contribution in [3.05, 3.63) is 33.8 Å². The van der Waals surface area contributed by atoms with E-state index in [9.17, 15) is 0 Å². The molecule has 0 radical (unpaired) electrons. The molecule has 0 fully saturated rings. The molecule has 2 heteroatoms. The maximum absolute atomic E-state index is 8.89. The number of benzene rings is 1. The van der Waals surface area contributed by atoms with Crippen LogP contribution in [0.25, 0.3) is 0 Å². The van der Waals surface area contributed by atoms with Gasteiger partial charge >= 0.3 is 0 Å². The Balaban J connectivity index is 3.25. The van der Waals surface area contributed by atoms with E-state index in [0.717, 1.165) is 21.7 Å². The fourth-order valence-corrected chi connectivity index (χ4v) is 1.22. The van der Waals surface area contributed by atoms with Crippen molar-refractivity contribution < 1.29 is 5.11 Å². The van der Waals surface area contributed by atoms with E-state index in [1.807, 2.05) is 26.0 Å². The molecular formula is C9H11ClO. The van der Waals surface area contributed by atoms with Crippen molar-refractivity contribution in [1.82, 2.24) is 0 Å². The maximum atomic E-state index is 8.89. The van der Waals surface area contributed by atoms with Gasteiger partial charge in [0.05, 0.1) is 6.61 Å². The Morgan fingerprint density at radius 3 is 2.45 bits per heavy atom. The first-order valence-electron chi connectivity index (χ1n) is 3.52. The summed E-state index contributed by atoms with van der Waals surface area (Å²) >= 11 is 5.86. The van der Waals surface area contributed by atoms with Gasteiger partial charge in [0.1, 0.15) is 0 Å². The molecule has 0 amide bonds. The number of hydrogen-bond donors (Lipinski definition) is 1. The van der Waals surface area contributed by atoms with Crippen LogP contribution >= 0.6 is 11.6 Å². The summed E-state index contributed by atoms with van der Waals surface area (Å²) in [4.78, 5) is 0. The molecule has 1 rings (SSSR count). The number of halogens is 1. The molecule has 11 heavy (non-hydrogen) atoms. The molecule has 1 aromatic carbocycles. The van der Waals surface area contributed by atoms with Gasteiger partial charge < -0.3 is 5.11 Å². The first-order valence-corrected chi connectivity index (χ1v) is 3.90. The molecule has 0 aliphatic rings. The molecule has 60 valence electrons. The third-order valence-electron chi connectivity index (χ3n) is 2.00. The summed E-state index contributed by atoms with van der Waals surface area (Å²) in [5, 5.41) is 9.65. The van der Waals surface area contributed by atoms with Crippen molar-refractivity contribution in [2.24, 2.45) is 0 Å². The zero-order valence-electron chi connectivity index (χ0n) is 6.69. The summed E-state index contributed by atoms with van der Waals surface area (Å²) in [6.45, 7) is 4.01. The third-order valence-corrected chi connectivity index (χ3v) is 2.41. The quantitative estimate of drug-likeness (QED) is 0.687. The van der Waals surface area contributed by atoms with Crippen LogP contribution in [-0.2, 0) is 6.61 Å². The van der Waals surface area contributed by atoms with E-state index in [0.29, 0.717) is 0 Å². The predicted octanol–water partition coefficient (Wildman–Crippen LogP) is 2.45. The summed E-state index contributed by atoms with van der Waals surface area (Å²) in [5.41, 5.74) is 3.09. The molecule has 0 aliphatic heterocycles. The van der Waals surface area contributed by atoms with Gasteiger partial charge in [-0.3, -0.25) is 0 Å². The van der Waals surface area contributed by atoms with E-state index in [4.69, 9.17) is 16.7 Å². The molecule has 0 aliphatic carbocycles. The Hall–Kier alpha value is -0.530. The van der Waals surface area contributed by atoms with Gasteiger partial charge in [0.2, 0.25) is 0 Å². The predicted molar refractivity (Wildman–Crippen MR) is 46.8 cm³/mol. The zero-order valence-corrected chi connectivity index (χ0v) is 7.44. The van der Waals surface area contributed by atoms with Crippen LogP contribution < -0.4 is 0 Å². The highest BCUT2D eigenvalue weighted by molar-refractivity contribution is 6.31. The van der Waals surface area contributed by atoms with Crippen molar-refractivity contribution in [2.75, 3.05) is 0 Å². The minimum atomic E-state index is 0.0871. The molecule has 0 saturated heterocycles. The number of rotatable bonds is 1. The molecule has 0 aromatic heterocycles. The van der Waals surface area contributed by atoms with E-state index >= 15 is 0 Å². The van der Waals surface area contributed by atoms with Gasteiger partial charge in [0, 0.05) is 5.02 Å². The number of aliphatic hydroxyl groups excluding tert-OH is 1. The van der Waals surface area contributed by atoms with Crippen LogP contribution in [0.4, 0.5) is 0 Å². The Kier molecular flexibility index (Phi) is 2.53. The molecule has 0 bridgehead atoms. The minimum absolute atomic E-state index is 0.0871. The van der Waals surface area contributed by atoms with Gasteiger partial charge in [0.15, 0.2) is 0 Å². The summed E-state index contributed by atoms with van der Waals surface area (Å²) < 4.78 is 0. The van der Waals surface area contributed by atoms with Crippen LogP contribution in [0.5, 0.6) is 0 Å². The van der Waals surface area contributed by atoms with Crippen LogP contribution in [0.3, 0.4) is 0 Å². The summed E-state index contributed by atoms with van der Waals surface area (Å²) in [5.74, 6) is 0. The van der Waals surface area contributed by atoms with Crippen LogP contribution in [0.2, 0.25) is 5.02 Å². The highest BCUT2D eigenvalue weighted by Crippen LogP contribution is 2.21. The van der Waals surface area contributed by atoms with Gasteiger partial charge in [-0.2, -0.15) is 0 Å². The lowest BCUT2D eigenvalue weighted by Gasteiger charge is -2.06. The first kappa shape index (κ1) is 8.57. The molecule has 0 atom stereocenters. The van der Waals surface area contributed by atoms with Gasteiger partial charge in [-0.05, 0) is 36.6 Å². The van der Waals surface area contributed by atoms with Gasteiger partial charge in [-0.15, -0.1) is 0 Å². The van der Waals surface area contributed by atoms with Crippen molar-refractivity contribution in [1.29, 1.82) is 0 Å². The molecule has 1 aromatic rings. The molecular weight excluding hydrogens is 160 g/mol. The lowest BCUT2D eigenvalue weighted by atomic mass is 10.0. The van der Waals surface area contributed by atoms with E-state index < -0.39 is 0 Å². The van der Waals surface area contributed by atoms with Crippen molar-refractivity contribution >= 4 is 11.6 Å². The summed E-state index contributed by atoms with van der Waals surface area (Å²) in [6, 6.07) is 3.67. The van der Waals surface area contributed by atoms with Crippen LogP contribution in [0, 0.1) is 13.8 Å². The Morgan fingerprint density at radius 1 is 1.27 bits per heavy atom. The van der Waals surface area contributed by atoms with Crippen LogP contribution in [0.15, 0.2) is 12.1 Å². The Bertz CT molecular complexity index is 269. The lowest BCUT2D eigenvalue weighted by molar-refractivity contribution is 0.281. The average molecular weight is 171 g/mol. The Morgan fingerprint density at radius 2 is 1.91 bits per heavy atom. The van der Waals surface area contributed by atoms with Crippen LogP contribution in [-0.4, -0.2) is 5.11 Å². The van der Waals surface area contributed by atoms with Crippen molar-refractivity contribution in [3.8, 4) is 0 Å². The molecule has 0 unspecified atom stereocenters. The standard InChI is InChI=1S/C9H11ClO/c1-6-7(2)9(10)4-3-8(6)5-11/h3-4,11H,5H2,1-2H3. The second kappa shape index (κ2) is 3.24. The Labute approximate surface area is 71.6 Å². The van der Waals surface area contributed by atoms with Gasteiger partial charge in [-0.1, -0.05) is 17.7 Å². The summed E-state index contributed by atoms with van der Waals surface area (Å²) in [7, 11) is 0. The number of hydrogen-bond acceptors (Lipinski definition) is 1. The highest BCUT2D eigenvalue weighted by atomic mass is 35.5. The minimum Gasteiger partial charge on any atom is -0.392 e. The molecule has 0 spiro atoms. The molecule has 0 heterocycles. The summed E-state index contributed by atoms with van der Waals surface area (Å²) in [6.07, 6.45) is 0. The highest BCUT2D eigenvalue weighted by Gasteiger charge is 2.02. The van der Waals surface area contributed by atoms with Crippen LogP contribution in [0.1, 0.15) is 16.7 Å². The fraction of sp³-hybridized carbons (Fsp3) is 0.333. The zero-order chi connectivity index (χ0) is 8.43. The van der Waals surface area contributed by atoms with E-state index in [1.165, 1.54) is 0 Å². The molecule has 1 N–H and O–H groups in total. The van der Waals surface area contributed by atoms with Gasteiger partial charge in [-0.25, -0.2) is 0 Å². The smallest absolute Gasteiger partial charge is 0.0684 e. The first-order chi connectivity index (χ1) is 5.16. The largest absolute Gasteiger partial charge is 0.392 e. The van der Waals surface area contributed by atoms with Crippen molar-refractivity contribution in [2.45, 2.75) is 20.5 Å². The topological polar surface area (TPSA) is 20.2 Å². The van der Waals surface area contributed by atoms with Crippen molar-refractivity contribution in [3.63, 3.8) is 0 Å². The fourth-order valence-electron chi connectivity index (χ4n) is 1.02. The normalized spacial score (nSPS) is 10.2. The number of aliphatic hydroxyl groups is 1. The maximum Gasteiger partial charge on any atom is 0.0684 e. The SMILES string of the molecule is Cc1c(Cl)ccc(CO)c1C. The monoisotopic (exact) mass is 170 g/mol. The molecule has 0 saturated carbocycles. The van der Waals surface area contributed by atoms with Gasteiger partial charge in [0.25, 0.3) is 0 Å². The van der Waals surface area contributed by atoms with E-state index in [2.05, 4.69) is 0 Å². The van der Waals surface area contributed by atoms with E-state index in [-0.39, 0.29) is 6.61 Å².